The van der Waals surface area contributed by atoms with E-state index in [0.29, 0.717) is 5.92 Å². The summed E-state index contributed by atoms with van der Waals surface area (Å²) in [6.45, 7) is 2.86. The highest BCUT2D eigenvalue weighted by Gasteiger charge is 2.18. The molecule has 1 aromatic carbocycles. The van der Waals surface area contributed by atoms with Crippen molar-refractivity contribution >= 4 is 15.9 Å². The number of hydrogen-bond donors (Lipinski definition) is 1. The van der Waals surface area contributed by atoms with Crippen LogP contribution in [0, 0.1) is 11.7 Å². The van der Waals surface area contributed by atoms with Gasteiger partial charge in [-0.25, -0.2) is 4.39 Å². The zero-order valence-corrected chi connectivity index (χ0v) is 12.1. The minimum Gasteiger partial charge on any atom is -0.385 e. The molecule has 1 N–H and O–H groups in total. The van der Waals surface area contributed by atoms with Gasteiger partial charge in [0.25, 0.3) is 0 Å². The van der Waals surface area contributed by atoms with E-state index >= 15 is 0 Å². The Kier molecular flexibility index (Phi) is 6.09. The Balaban J connectivity index is 2.84. The molecule has 17 heavy (non-hydrogen) atoms. The SMILES string of the molecule is CNC(c1cc(F)cc(Br)c1)C(C)CCOC. The minimum absolute atomic E-state index is 0.136. The molecule has 2 nitrogen and oxygen atoms in total. The first-order valence-corrected chi connectivity index (χ1v) is 6.50. The van der Waals surface area contributed by atoms with E-state index in [1.165, 1.54) is 6.07 Å². The van der Waals surface area contributed by atoms with E-state index in [1.54, 1.807) is 13.2 Å². The molecule has 1 aromatic rings. The van der Waals surface area contributed by atoms with Gasteiger partial charge in [-0.05, 0) is 43.1 Å². The fraction of sp³-hybridized carbons (Fsp3) is 0.538. The maximum absolute atomic E-state index is 13.4. The molecule has 0 heterocycles. The van der Waals surface area contributed by atoms with Crippen LogP contribution in [-0.2, 0) is 4.74 Å². The first kappa shape index (κ1) is 14.6. The monoisotopic (exact) mass is 303 g/mol. The van der Waals surface area contributed by atoms with Crippen molar-refractivity contribution in [1.29, 1.82) is 0 Å². The van der Waals surface area contributed by atoms with Gasteiger partial charge < -0.3 is 10.1 Å². The van der Waals surface area contributed by atoms with Gasteiger partial charge in [-0.15, -0.1) is 0 Å². The molecule has 1 rings (SSSR count). The van der Waals surface area contributed by atoms with E-state index in [2.05, 4.69) is 28.2 Å². The highest BCUT2D eigenvalue weighted by atomic mass is 79.9. The first-order valence-electron chi connectivity index (χ1n) is 5.70. The minimum atomic E-state index is -0.214. The van der Waals surface area contributed by atoms with Crippen LogP contribution in [0.1, 0.15) is 24.9 Å². The average Bonchev–Trinajstić information content (AvgIpc) is 2.26. The van der Waals surface area contributed by atoms with Crippen molar-refractivity contribution in [3.63, 3.8) is 0 Å². The van der Waals surface area contributed by atoms with E-state index in [0.717, 1.165) is 23.1 Å². The number of methoxy groups -OCH3 is 1. The van der Waals surface area contributed by atoms with Crippen LogP contribution >= 0.6 is 15.9 Å². The van der Waals surface area contributed by atoms with Crippen LogP contribution in [0.3, 0.4) is 0 Å². The summed E-state index contributed by atoms with van der Waals surface area (Å²) in [5, 5.41) is 3.24. The second-order valence-electron chi connectivity index (χ2n) is 4.23. The van der Waals surface area contributed by atoms with Gasteiger partial charge in [-0.3, -0.25) is 0 Å². The van der Waals surface area contributed by atoms with E-state index in [-0.39, 0.29) is 11.9 Å². The lowest BCUT2D eigenvalue weighted by Gasteiger charge is -2.24. The van der Waals surface area contributed by atoms with Crippen LogP contribution in [0.5, 0.6) is 0 Å². The van der Waals surface area contributed by atoms with Gasteiger partial charge in [0.15, 0.2) is 0 Å². The van der Waals surface area contributed by atoms with Gasteiger partial charge in [0.2, 0.25) is 0 Å². The highest BCUT2D eigenvalue weighted by Crippen LogP contribution is 2.27. The van der Waals surface area contributed by atoms with E-state index in [4.69, 9.17) is 4.74 Å². The van der Waals surface area contributed by atoms with Crippen molar-refractivity contribution in [1.82, 2.24) is 5.32 Å². The molecule has 0 saturated heterocycles. The van der Waals surface area contributed by atoms with Crippen LogP contribution in [0.15, 0.2) is 22.7 Å². The Hall–Kier alpha value is -0.450. The predicted molar refractivity (Wildman–Crippen MR) is 71.6 cm³/mol. The Morgan fingerprint density at radius 1 is 1.41 bits per heavy atom. The highest BCUT2D eigenvalue weighted by molar-refractivity contribution is 9.10. The molecular formula is C13H19BrFNO. The topological polar surface area (TPSA) is 21.3 Å². The predicted octanol–water partition coefficient (Wildman–Crippen LogP) is 3.52. The second kappa shape index (κ2) is 7.09. The van der Waals surface area contributed by atoms with Gasteiger partial charge >= 0.3 is 0 Å². The third-order valence-corrected chi connectivity index (χ3v) is 3.36. The normalized spacial score (nSPS) is 14.6. The van der Waals surface area contributed by atoms with Gasteiger partial charge in [-0.2, -0.15) is 0 Å². The van der Waals surface area contributed by atoms with Crippen LogP contribution in [0.4, 0.5) is 4.39 Å². The van der Waals surface area contributed by atoms with Crippen LogP contribution < -0.4 is 5.32 Å². The number of nitrogens with one attached hydrogen (secondary N) is 1. The van der Waals surface area contributed by atoms with Crippen LogP contribution in [0.25, 0.3) is 0 Å². The lowest BCUT2D eigenvalue weighted by molar-refractivity contribution is 0.171. The smallest absolute Gasteiger partial charge is 0.124 e. The summed E-state index contributed by atoms with van der Waals surface area (Å²) >= 11 is 3.32. The van der Waals surface area contributed by atoms with Crippen molar-refractivity contribution in [3.05, 3.63) is 34.1 Å². The van der Waals surface area contributed by atoms with Crippen LogP contribution in [0.2, 0.25) is 0 Å². The van der Waals surface area contributed by atoms with Crippen molar-refractivity contribution in [2.24, 2.45) is 5.92 Å². The van der Waals surface area contributed by atoms with Crippen molar-refractivity contribution < 1.29 is 9.13 Å². The lowest BCUT2D eigenvalue weighted by Crippen LogP contribution is -2.24. The van der Waals surface area contributed by atoms with Crippen molar-refractivity contribution in [2.45, 2.75) is 19.4 Å². The molecule has 0 amide bonds. The Morgan fingerprint density at radius 3 is 2.65 bits per heavy atom. The molecule has 0 spiro atoms. The lowest BCUT2D eigenvalue weighted by atomic mass is 9.92. The van der Waals surface area contributed by atoms with E-state index in [9.17, 15) is 4.39 Å². The fourth-order valence-corrected chi connectivity index (χ4v) is 2.49. The molecule has 0 radical (unpaired) electrons. The van der Waals surface area contributed by atoms with Gasteiger partial charge in [-0.1, -0.05) is 22.9 Å². The molecule has 0 aromatic heterocycles. The maximum Gasteiger partial charge on any atom is 0.124 e. The third kappa shape index (κ3) is 4.37. The summed E-state index contributed by atoms with van der Waals surface area (Å²) in [6, 6.07) is 5.14. The molecule has 2 unspecified atom stereocenters. The summed E-state index contributed by atoms with van der Waals surface area (Å²) in [7, 11) is 3.59. The molecule has 96 valence electrons. The van der Waals surface area contributed by atoms with Gasteiger partial charge in [0.1, 0.15) is 5.82 Å². The third-order valence-electron chi connectivity index (χ3n) is 2.90. The molecule has 0 fully saturated rings. The molecule has 0 aliphatic rings. The summed E-state index contributed by atoms with van der Waals surface area (Å²) in [5.74, 6) is 0.169. The number of halogens is 2. The van der Waals surface area contributed by atoms with E-state index in [1.807, 2.05) is 13.1 Å². The zero-order chi connectivity index (χ0) is 12.8. The molecule has 2 atom stereocenters. The molecule has 0 saturated carbocycles. The van der Waals surface area contributed by atoms with Crippen molar-refractivity contribution in [3.8, 4) is 0 Å². The molecule has 0 aliphatic carbocycles. The molecular weight excluding hydrogens is 285 g/mol. The quantitative estimate of drug-likeness (QED) is 0.868. The average molecular weight is 304 g/mol. The summed E-state index contributed by atoms with van der Waals surface area (Å²) in [4.78, 5) is 0. The maximum atomic E-state index is 13.4. The standard InChI is InChI=1S/C13H19BrFNO/c1-9(4-5-17-3)13(16-2)10-6-11(14)8-12(15)7-10/h6-9,13,16H,4-5H2,1-3H3. The van der Waals surface area contributed by atoms with Gasteiger partial charge in [0, 0.05) is 24.2 Å². The first-order chi connectivity index (χ1) is 8.08. The summed E-state index contributed by atoms with van der Waals surface area (Å²) in [6.07, 6.45) is 0.941. The Bertz CT molecular complexity index is 339. The largest absolute Gasteiger partial charge is 0.385 e. The summed E-state index contributed by atoms with van der Waals surface area (Å²) < 4.78 is 19.2. The number of ether oxygens (including phenoxy) is 1. The van der Waals surface area contributed by atoms with Crippen molar-refractivity contribution in [2.75, 3.05) is 20.8 Å². The number of benzene rings is 1. The number of hydrogen-bond acceptors (Lipinski definition) is 2. The molecule has 0 bridgehead atoms. The van der Waals surface area contributed by atoms with E-state index < -0.39 is 0 Å². The Labute approximate surface area is 111 Å². The zero-order valence-electron chi connectivity index (χ0n) is 10.5. The fourth-order valence-electron chi connectivity index (χ4n) is 2.00. The molecule has 0 aliphatic heterocycles. The molecule has 4 heteroatoms. The van der Waals surface area contributed by atoms with Crippen LogP contribution in [-0.4, -0.2) is 20.8 Å². The summed E-state index contributed by atoms with van der Waals surface area (Å²) in [5.41, 5.74) is 0.961. The second-order valence-corrected chi connectivity index (χ2v) is 5.14. The number of rotatable bonds is 6. The Morgan fingerprint density at radius 2 is 2.12 bits per heavy atom. The van der Waals surface area contributed by atoms with Gasteiger partial charge in [0.05, 0.1) is 0 Å².